The van der Waals surface area contributed by atoms with Crippen LogP contribution in [0.4, 0.5) is 13.2 Å². The lowest BCUT2D eigenvalue weighted by Gasteiger charge is -2.35. The summed E-state index contributed by atoms with van der Waals surface area (Å²) >= 11 is 0. The first-order valence-electron chi connectivity index (χ1n) is 11.0. The highest BCUT2D eigenvalue weighted by Gasteiger charge is 2.35. The maximum absolute atomic E-state index is 13.4. The topological polar surface area (TPSA) is 84.6 Å². The SMILES string of the molecule is O=C1c2cc(-c3nnc(C(F)F)o3)cnc2CN1N(Cc1ccc(F)cc1)CC1CCOCC1. The Hall–Kier alpha value is -3.31. The highest BCUT2D eigenvalue weighted by molar-refractivity contribution is 5.98. The number of hydrogen-bond donors (Lipinski definition) is 0. The standard InChI is InChI=1S/C23H22F3N5O3/c24-17-3-1-14(2-4-17)11-30(12-15-5-7-33-8-6-15)31-13-19-18(23(31)32)9-16(10-27-19)21-28-29-22(34-21)20(25)26/h1-4,9-10,15,20H,5-8,11-13H2. The van der Waals surface area contributed by atoms with Gasteiger partial charge >= 0.3 is 6.43 Å². The Labute approximate surface area is 193 Å². The number of alkyl halides is 2. The average molecular weight is 473 g/mol. The summed E-state index contributed by atoms with van der Waals surface area (Å²) in [7, 11) is 0. The molecular formula is C23H22F3N5O3. The largest absolute Gasteiger partial charge is 0.415 e. The van der Waals surface area contributed by atoms with Gasteiger partial charge in [0.2, 0.25) is 5.89 Å². The van der Waals surface area contributed by atoms with Gasteiger partial charge in [-0.3, -0.25) is 14.8 Å². The first kappa shape index (κ1) is 22.5. The van der Waals surface area contributed by atoms with Crippen molar-refractivity contribution in [3.8, 4) is 11.5 Å². The average Bonchev–Trinajstić information content (AvgIpc) is 3.46. The molecule has 0 spiro atoms. The van der Waals surface area contributed by atoms with E-state index in [2.05, 4.69) is 15.2 Å². The number of rotatable bonds is 7. The third-order valence-electron chi connectivity index (χ3n) is 6.04. The Bertz CT molecular complexity index is 1160. The lowest BCUT2D eigenvalue weighted by molar-refractivity contribution is -0.0388. The lowest BCUT2D eigenvalue weighted by atomic mass is 10.00. The van der Waals surface area contributed by atoms with Crippen LogP contribution >= 0.6 is 0 Å². The summed E-state index contributed by atoms with van der Waals surface area (Å²) in [5.74, 6) is -1.14. The summed E-state index contributed by atoms with van der Waals surface area (Å²) in [4.78, 5) is 17.8. The zero-order valence-electron chi connectivity index (χ0n) is 18.2. The van der Waals surface area contributed by atoms with Crippen molar-refractivity contribution in [2.75, 3.05) is 19.8 Å². The summed E-state index contributed by atoms with van der Waals surface area (Å²) in [6.45, 7) is 2.68. The fraction of sp³-hybridized carbons (Fsp3) is 0.391. The third-order valence-corrected chi connectivity index (χ3v) is 6.04. The van der Waals surface area contributed by atoms with Crippen molar-refractivity contribution in [2.45, 2.75) is 32.4 Å². The Balaban J connectivity index is 1.39. The van der Waals surface area contributed by atoms with E-state index in [9.17, 15) is 18.0 Å². The smallest absolute Gasteiger partial charge is 0.314 e. The zero-order valence-corrected chi connectivity index (χ0v) is 18.2. The van der Waals surface area contributed by atoms with Crippen LogP contribution in [0.1, 0.15) is 46.8 Å². The molecule has 8 nitrogen and oxygen atoms in total. The molecule has 5 rings (SSSR count). The van der Waals surface area contributed by atoms with Gasteiger partial charge in [0.25, 0.3) is 11.8 Å². The lowest BCUT2D eigenvalue weighted by Crippen LogP contribution is -2.45. The Kier molecular flexibility index (Phi) is 6.29. The number of carbonyl (C=O) groups excluding carboxylic acids is 1. The van der Waals surface area contributed by atoms with Gasteiger partial charge in [0, 0.05) is 32.5 Å². The van der Waals surface area contributed by atoms with Crippen molar-refractivity contribution in [3.05, 3.63) is 65.1 Å². The molecule has 0 aliphatic carbocycles. The minimum atomic E-state index is -2.88. The summed E-state index contributed by atoms with van der Waals surface area (Å²) in [5.41, 5.74) is 2.09. The van der Waals surface area contributed by atoms with Gasteiger partial charge in [-0.15, -0.1) is 10.2 Å². The van der Waals surface area contributed by atoms with Crippen LogP contribution < -0.4 is 0 Å². The van der Waals surface area contributed by atoms with E-state index in [1.165, 1.54) is 24.4 Å². The van der Waals surface area contributed by atoms with Gasteiger partial charge in [-0.25, -0.2) is 9.40 Å². The quantitative estimate of drug-likeness (QED) is 0.513. The number of benzene rings is 1. The predicted molar refractivity (Wildman–Crippen MR) is 113 cm³/mol. The monoisotopic (exact) mass is 473 g/mol. The second kappa shape index (κ2) is 9.51. The Morgan fingerprint density at radius 3 is 2.62 bits per heavy atom. The molecular weight excluding hydrogens is 451 g/mol. The first-order valence-corrected chi connectivity index (χ1v) is 11.0. The van der Waals surface area contributed by atoms with Crippen molar-refractivity contribution in [3.63, 3.8) is 0 Å². The normalized spacial score (nSPS) is 16.6. The van der Waals surface area contributed by atoms with Gasteiger partial charge in [-0.2, -0.15) is 8.78 Å². The zero-order chi connectivity index (χ0) is 23.7. The van der Waals surface area contributed by atoms with Crippen LogP contribution in [0.5, 0.6) is 0 Å². The molecule has 4 heterocycles. The van der Waals surface area contributed by atoms with Gasteiger partial charge in [0.1, 0.15) is 5.82 Å². The molecule has 1 aromatic carbocycles. The molecule has 178 valence electrons. The van der Waals surface area contributed by atoms with E-state index in [0.717, 1.165) is 18.4 Å². The van der Waals surface area contributed by atoms with Gasteiger partial charge in [-0.1, -0.05) is 12.1 Å². The van der Waals surface area contributed by atoms with Crippen LogP contribution in [-0.4, -0.2) is 50.9 Å². The maximum Gasteiger partial charge on any atom is 0.314 e. The Morgan fingerprint density at radius 1 is 1.15 bits per heavy atom. The van der Waals surface area contributed by atoms with E-state index >= 15 is 0 Å². The number of pyridine rings is 1. The highest BCUT2D eigenvalue weighted by Crippen LogP contribution is 2.30. The van der Waals surface area contributed by atoms with E-state index < -0.39 is 12.3 Å². The molecule has 0 atom stereocenters. The van der Waals surface area contributed by atoms with Crippen molar-refractivity contribution in [1.29, 1.82) is 0 Å². The van der Waals surface area contributed by atoms with Crippen molar-refractivity contribution >= 4 is 5.91 Å². The number of halogens is 3. The second-order valence-electron chi connectivity index (χ2n) is 8.36. The molecule has 0 N–H and O–H groups in total. The van der Waals surface area contributed by atoms with Gasteiger partial charge < -0.3 is 9.15 Å². The van der Waals surface area contributed by atoms with Crippen molar-refractivity contribution < 1.29 is 27.1 Å². The molecule has 11 heteroatoms. The minimum absolute atomic E-state index is 0.123. The molecule has 1 fully saturated rings. The summed E-state index contributed by atoms with van der Waals surface area (Å²) < 4.78 is 49.5. The molecule has 1 amide bonds. The number of hydrogen-bond acceptors (Lipinski definition) is 7. The summed E-state index contributed by atoms with van der Waals surface area (Å²) in [6.07, 6.45) is 0.328. The molecule has 0 saturated carbocycles. The predicted octanol–water partition coefficient (Wildman–Crippen LogP) is 4.01. The molecule has 2 aliphatic rings. The van der Waals surface area contributed by atoms with Gasteiger partial charge in [-0.05, 0) is 42.5 Å². The number of carbonyl (C=O) groups is 1. The number of fused-ring (bicyclic) bond motifs is 1. The summed E-state index contributed by atoms with van der Waals surface area (Å²) in [6, 6.07) is 7.74. The van der Waals surface area contributed by atoms with E-state index in [0.29, 0.717) is 49.0 Å². The minimum Gasteiger partial charge on any atom is -0.415 e. The molecule has 1 saturated heterocycles. The van der Waals surface area contributed by atoms with E-state index in [-0.39, 0.29) is 24.2 Å². The maximum atomic E-state index is 13.4. The second-order valence-corrected chi connectivity index (χ2v) is 8.36. The molecule has 3 aromatic rings. The molecule has 0 radical (unpaired) electrons. The highest BCUT2D eigenvalue weighted by atomic mass is 19.3. The molecule has 2 aliphatic heterocycles. The fourth-order valence-electron chi connectivity index (χ4n) is 4.22. The molecule has 2 aromatic heterocycles. The van der Waals surface area contributed by atoms with Crippen LogP contribution in [0.15, 0.2) is 40.9 Å². The molecule has 0 unspecified atom stereocenters. The van der Waals surface area contributed by atoms with E-state index in [4.69, 9.17) is 9.15 Å². The van der Waals surface area contributed by atoms with Crippen LogP contribution in [0, 0.1) is 11.7 Å². The van der Waals surface area contributed by atoms with Crippen LogP contribution in [0.3, 0.4) is 0 Å². The third kappa shape index (κ3) is 4.66. The number of hydrazine groups is 1. The fourth-order valence-corrected chi connectivity index (χ4v) is 4.22. The first-order chi connectivity index (χ1) is 16.5. The number of ether oxygens (including phenoxy) is 1. The number of aromatic nitrogens is 3. The number of amides is 1. The molecule has 0 bridgehead atoms. The van der Waals surface area contributed by atoms with Gasteiger partial charge in [0.05, 0.1) is 23.4 Å². The van der Waals surface area contributed by atoms with Gasteiger partial charge in [0.15, 0.2) is 0 Å². The van der Waals surface area contributed by atoms with E-state index in [1.54, 1.807) is 17.1 Å². The van der Waals surface area contributed by atoms with Crippen LogP contribution in [-0.2, 0) is 17.8 Å². The van der Waals surface area contributed by atoms with E-state index in [1.807, 2.05) is 5.01 Å². The van der Waals surface area contributed by atoms with Crippen molar-refractivity contribution in [2.24, 2.45) is 5.92 Å². The van der Waals surface area contributed by atoms with Crippen molar-refractivity contribution in [1.82, 2.24) is 25.2 Å². The van der Waals surface area contributed by atoms with Crippen LogP contribution in [0.25, 0.3) is 11.5 Å². The Morgan fingerprint density at radius 2 is 1.91 bits per heavy atom. The number of nitrogens with zero attached hydrogens (tertiary/aromatic N) is 5. The summed E-state index contributed by atoms with van der Waals surface area (Å²) in [5, 5.41) is 10.6. The van der Waals surface area contributed by atoms with Crippen LogP contribution in [0.2, 0.25) is 0 Å². The molecule has 34 heavy (non-hydrogen) atoms.